The van der Waals surface area contributed by atoms with Gasteiger partial charge in [-0.25, -0.2) is 0 Å². The molecule has 1 aliphatic heterocycles. The third kappa shape index (κ3) is 2.16. The summed E-state index contributed by atoms with van der Waals surface area (Å²) in [6.07, 6.45) is 3.65. The van der Waals surface area contributed by atoms with E-state index in [4.69, 9.17) is 14.2 Å². The third-order valence-electron chi connectivity index (χ3n) is 3.46. The van der Waals surface area contributed by atoms with E-state index in [1.807, 2.05) is 0 Å². The van der Waals surface area contributed by atoms with E-state index in [9.17, 15) is 4.79 Å². The maximum Gasteiger partial charge on any atom is 0.308 e. The second-order valence-electron chi connectivity index (χ2n) is 4.35. The topological polar surface area (TPSA) is 44.8 Å². The molecule has 0 radical (unpaired) electrons. The summed E-state index contributed by atoms with van der Waals surface area (Å²) in [4.78, 5) is 11.3. The van der Waals surface area contributed by atoms with Crippen molar-refractivity contribution in [1.29, 1.82) is 0 Å². The number of carbonyl (C=O) groups excluding carboxylic acids is 1. The lowest BCUT2D eigenvalue weighted by Gasteiger charge is -2.38. The number of hydrogen-bond donors (Lipinski definition) is 0. The molecule has 4 nitrogen and oxygen atoms in total. The summed E-state index contributed by atoms with van der Waals surface area (Å²) in [5.74, 6) is 0.276. The first-order valence-corrected chi connectivity index (χ1v) is 5.55. The predicted octanol–water partition coefficient (Wildman–Crippen LogP) is 1.14. The van der Waals surface area contributed by atoms with Crippen molar-refractivity contribution in [3.63, 3.8) is 0 Å². The van der Waals surface area contributed by atoms with Crippen LogP contribution in [-0.4, -0.2) is 38.5 Å². The minimum atomic E-state index is -0.242. The van der Waals surface area contributed by atoms with Gasteiger partial charge in [0.2, 0.25) is 0 Å². The first kappa shape index (κ1) is 10.9. The summed E-state index contributed by atoms with van der Waals surface area (Å²) >= 11 is 0. The fourth-order valence-corrected chi connectivity index (χ4v) is 2.64. The molecule has 1 aliphatic carbocycles. The highest BCUT2D eigenvalue weighted by Gasteiger charge is 2.49. The number of rotatable bonds is 4. The summed E-state index contributed by atoms with van der Waals surface area (Å²) in [6, 6.07) is 0. The van der Waals surface area contributed by atoms with E-state index in [0.717, 1.165) is 19.3 Å². The molecule has 86 valence electrons. The van der Waals surface area contributed by atoms with Gasteiger partial charge in [0.05, 0.1) is 31.8 Å². The molecule has 4 heteroatoms. The third-order valence-corrected chi connectivity index (χ3v) is 3.46. The first-order valence-electron chi connectivity index (χ1n) is 5.55. The lowest BCUT2D eigenvalue weighted by atomic mass is 9.86. The summed E-state index contributed by atoms with van der Waals surface area (Å²) in [5, 5.41) is 0. The molecule has 15 heavy (non-hydrogen) atoms. The van der Waals surface area contributed by atoms with Crippen molar-refractivity contribution in [1.82, 2.24) is 0 Å². The van der Waals surface area contributed by atoms with E-state index < -0.39 is 0 Å². The highest BCUT2D eigenvalue weighted by molar-refractivity contribution is 5.71. The van der Waals surface area contributed by atoms with Crippen LogP contribution in [0.2, 0.25) is 0 Å². The Morgan fingerprint density at radius 1 is 1.53 bits per heavy atom. The highest BCUT2D eigenvalue weighted by atomic mass is 16.6. The van der Waals surface area contributed by atoms with E-state index in [2.05, 4.69) is 0 Å². The summed E-state index contributed by atoms with van der Waals surface area (Å²) < 4.78 is 15.9. The number of cyclic esters (lactones) is 1. The molecule has 2 rings (SSSR count). The number of ether oxygens (including phenoxy) is 3. The van der Waals surface area contributed by atoms with Crippen LogP contribution in [0.25, 0.3) is 0 Å². The number of carbonyl (C=O) groups is 1. The smallest absolute Gasteiger partial charge is 0.308 e. The standard InChI is InChI=1S/C11H18O4/c1-13-5-6-15-11-4-2-3-9(11)8-14-10(12)7-11/h9H,2-8H2,1H3. The van der Waals surface area contributed by atoms with Gasteiger partial charge in [-0.1, -0.05) is 6.42 Å². The average Bonchev–Trinajstić information content (AvgIpc) is 2.61. The van der Waals surface area contributed by atoms with E-state index in [-0.39, 0.29) is 11.6 Å². The van der Waals surface area contributed by atoms with E-state index >= 15 is 0 Å². The SMILES string of the molecule is COCCOC12CCCC1COC(=O)C2. The first-order chi connectivity index (χ1) is 7.27. The molecule has 0 spiro atoms. The summed E-state index contributed by atoms with van der Waals surface area (Å²) in [5.41, 5.74) is -0.242. The lowest BCUT2D eigenvalue weighted by molar-refractivity contribution is -0.176. The fraction of sp³-hybridized carbons (Fsp3) is 0.909. The Labute approximate surface area is 89.9 Å². The van der Waals surface area contributed by atoms with E-state index in [1.165, 1.54) is 0 Å². The lowest BCUT2D eigenvalue weighted by Crippen LogP contribution is -2.46. The van der Waals surface area contributed by atoms with Gasteiger partial charge in [0, 0.05) is 13.0 Å². The zero-order valence-electron chi connectivity index (χ0n) is 9.16. The van der Waals surface area contributed by atoms with E-state index in [1.54, 1.807) is 7.11 Å². The molecular weight excluding hydrogens is 196 g/mol. The minimum Gasteiger partial charge on any atom is -0.465 e. The molecule has 0 aromatic carbocycles. The van der Waals surface area contributed by atoms with Gasteiger partial charge in [-0.2, -0.15) is 0 Å². The van der Waals surface area contributed by atoms with Crippen molar-refractivity contribution >= 4 is 5.97 Å². The predicted molar refractivity (Wildman–Crippen MR) is 53.5 cm³/mol. The zero-order valence-corrected chi connectivity index (χ0v) is 9.16. The van der Waals surface area contributed by atoms with Crippen molar-refractivity contribution in [2.24, 2.45) is 5.92 Å². The normalized spacial score (nSPS) is 35.0. The van der Waals surface area contributed by atoms with Gasteiger partial charge < -0.3 is 14.2 Å². The molecule has 2 atom stereocenters. The van der Waals surface area contributed by atoms with Crippen LogP contribution in [0.3, 0.4) is 0 Å². The maximum atomic E-state index is 11.3. The quantitative estimate of drug-likeness (QED) is 0.520. The molecule has 0 bridgehead atoms. The Bertz CT molecular complexity index is 241. The second-order valence-corrected chi connectivity index (χ2v) is 4.35. The molecule has 1 saturated carbocycles. The van der Waals surface area contributed by atoms with Gasteiger partial charge in [0.1, 0.15) is 0 Å². The number of methoxy groups -OCH3 is 1. The van der Waals surface area contributed by atoms with Gasteiger partial charge >= 0.3 is 5.97 Å². The van der Waals surface area contributed by atoms with Crippen LogP contribution in [-0.2, 0) is 19.0 Å². The molecule has 2 unspecified atom stereocenters. The van der Waals surface area contributed by atoms with Gasteiger partial charge in [0.25, 0.3) is 0 Å². The highest BCUT2D eigenvalue weighted by Crippen LogP contribution is 2.44. The van der Waals surface area contributed by atoms with E-state index in [0.29, 0.717) is 32.2 Å². The second kappa shape index (κ2) is 4.49. The number of esters is 1. The van der Waals surface area contributed by atoms with Crippen molar-refractivity contribution < 1.29 is 19.0 Å². The largest absolute Gasteiger partial charge is 0.465 e. The molecule has 1 heterocycles. The molecular formula is C11H18O4. The fourth-order valence-electron chi connectivity index (χ4n) is 2.64. The minimum absolute atomic E-state index is 0.120. The average molecular weight is 214 g/mol. The van der Waals surface area contributed by atoms with Gasteiger partial charge in [-0.15, -0.1) is 0 Å². The van der Waals surface area contributed by atoms with Crippen molar-refractivity contribution in [3.05, 3.63) is 0 Å². The van der Waals surface area contributed by atoms with Crippen LogP contribution in [0.15, 0.2) is 0 Å². The Kier molecular flexibility index (Phi) is 3.26. The molecule has 0 aromatic rings. The number of fused-ring (bicyclic) bond motifs is 1. The molecule has 2 fully saturated rings. The van der Waals surface area contributed by atoms with Gasteiger partial charge in [0.15, 0.2) is 0 Å². The Hall–Kier alpha value is -0.610. The summed E-state index contributed by atoms with van der Waals surface area (Å²) in [7, 11) is 1.66. The monoisotopic (exact) mass is 214 g/mol. The number of hydrogen-bond acceptors (Lipinski definition) is 4. The Morgan fingerprint density at radius 3 is 3.20 bits per heavy atom. The Morgan fingerprint density at radius 2 is 2.40 bits per heavy atom. The van der Waals surface area contributed by atoms with Crippen LogP contribution in [0.1, 0.15) is 25.7 Å². The molecule has 0 N–H and O–H groups in total. The van der Waals surface area contributed by atoms with Crippen molar-refractivity contribution in [3.8, 4) is 0 Å². The van der Waals surface area contributed by atoms with Crippen molar-refractivity contribution in [2.75, 3.05) is 26.9 Å². The van der Waals surface area contributed by atoms with Crippen molar-refractivity contribution in [2.45, 2.75) is 31.3 Å². The van der Waals surface area contributed by atoms with Crippen LogP contribution >= 0.6 is 0 Å². The van der Waals surface area contributed by atoms with Gasteiger partial charge in [-0.05, 0) is 12.8 Å². The van der Waals surface area contributed by atoms with Crippen LogP contribution < -0.4 is 0 Å². The van der Waals surface area contributed by atoms with Crippen LogP contribution in [0.4, 0.5) is 0 Å². The summed E-state index contributed by atoms with van der Waals surface area (Å²) in [6.45, 7) is 1.69. The van der Waals surface area contributed by atoms with Crippen LogP contribution in [0.5, 0.6) is 0 Å². The zero-order chi connectivity index (χ0) is 10.7. The maximum absolute atomic E-state index is 11.3. The molecule has 0 aromatic heterocycles. The van der Waals surface area contributed by atoms with Gasteiger partial charge in [-0.3, -0.25) is 4.79 Å². The molecule has 0 amide bonds. The Balaban J connectivity index is 1.97. The van der Waals surface area contributed by atoms with Crippen LogP contribution in [0, 0.1) is 5.92 Å². The molecule has 2 aliphatic rings. The molecule has 1 saturated heterocycles.